The Bertz CT molecular complexity index is 957. The lowest BCUT2D eigenvalue weighted by Gasteiger charge is -2.21. The SMILES string of the molecule is COc1cccc(N(CC(=O)N/N=C(/C)c2ccccc2O)S(C)(=O)=O)c1. The number of aromatic hydroxyl groups is 1. The topological polar surface area (TPSA) is 108 Å². The Balaban J connectivity index is 2.17. The molecule has 0 saturated carbocycles. The van der Waals surface area contributed by atoms with Crippen molar-refractivity contribution in [1.82, 2.24) is 5.43 Å². The zero-order valence-corrected chi connectivity index (χ0v) is 16.0. The molecule has 2 N–H and O–H groups in total. The number of hydrogen-bond acceptors (Lipinski definition) is 6. The van der Waals surface area contributed by atoms with Gasteiger partial charge in [0.05, 0.1) is 24.8 Å². The highest BCUT2D eigenvalue weighted by atomic mass is 32.2. The largest absolute Gasteiger partial charge is 0.507 e. The number of nitrogens with zero attached hydrogens (tertiary/aromatic N) is 2. The molecule has 2 rings (SSSR count). The lowest BCUT2D eigenvalue weighted by Crippen LogP contribution is -2.39. The summed E-state index contributed by atoms with van der Waals surface area (Å²) < 4.78 is 30.3. The monoisotopic (exact) mass is 391 g/mol. The van der Waals surface area contributed by atoms with E-state index in [0.29, 0.717) is 22.7 Å². The van der Waals surface area contributed by atoms with Gasteiger partial charge in [0.25, 0.3) is 5.91 Å². The maximum atomic E-state index is 12.2. The third-order valence-electron chi connectivity index (χ3n) is 3.67. The van der Waals surface area contributed by atoms with Crippen LogP contribution in [-0.2, 0) is 14.8 Å². The second-order valence-electron chi connectivity index (χ2n) is 5.72. The van der Waals surface area contributed by atoms with Gasteiger partial charge in [-0.1, -0.05) is 18.2 Å². The number of hydrogen-bond donors (Lipinski definition) is 2. The Morgan fingerprint density at radius 3 is 2.56 bits per heavy atom. The number of anilines is 1. The molecule has 0 aliphatic rings. The van der Waals surface area contributed by atoms with E-state index in [1.807, 2.05) is 0 Å². The Kier molecular flexibility index (Phi) is 6.40. The van der Waals surface area contributed by atoms with Gasteiger partial charge in [0.2, 0.25) is 10.0 Å². The Morgan fingerprint density at radius 1 is 1.22 bits per heavy atom. The van der Waals surface area contributed by atoms with E-state index in [-0.39, 0.29) is 5.75 Å². The molecule has 0 radical (unpaired) electrons. The number of benzene rings is 2. The number of methoxy groups -OCH3 is 1. The van der Waals surface area contributed by atoms with Crippen molar-refractivity contribution >= 4 is 27.3 Å². The Labute approximate surface area is 158 Å². The molecule has 144 valence electrons. The second-order valence-corrected chi connectivity index (χ2v) is 7.63. The van der Waals surface area contributed by atoms with Crippen LogP contribution in [0, 0.1) is 0 Å². The molecule has 1 amide bonds. The quantitative estimate of drug-likeness (QED) is 0.552. The normalized spacial score (nSPS) is 11.7. The van der Waals surface area contributed by atoms with Crippen molar-refractivity contribution in [3.63, 3.8) is 0 Å². The smallest absolute Gasteiger partial charge is 0.260 e. The van der Waals surface area contributed by atoms with Gasteiger partial charge in [-0.3, -0.25) is 9.10 Å². The van der Waals surface area contributed by atoms with E-state index in [0.717, 1.165) is 10.6 Å². The maximum absolute atomic E-state index is 12.2. The first-order valence-electron chi connectivity index (χ1n) is 7.95. The van der Waals surface area contributed by atoms with Gasteiger partial charge in [0, 0.05) is 11.6 Å². The van der Waals surface area contributed by atoms with E-state index in [9.17, 15) is 18.3 Å². The summed E-state index contributed by atoms with van der Waals surface area (Å²) in [5.74, 6) is -0.130. The summed E-state index contributed by atoms with van der Waals surface area (Å²) in [4.78, 5) is 12.2. The number of amides is 1. The van der Waals surface area contributed by atoms with Gasteiger partial charge in [-0.05, 0) is 31.2 Å². The number of carbonyl (C=O) groups excluding carboxylic acids is 1. The fraction of sp³-hybridized carbons (Fsp3) is 0.222. The van der Waals surface area contributed by atoms with E-state index < -0.39 is 22.5 Å². The molecular weight excluding hydrogens is 370 g/mol. The average molecular weight is 391 g/mol. The molecular formula is C18H21N3O5S. The number of para-hydroxylation sites is 1. The van der Waals surface area contributed by atoms with Gasteiger partial charge in [-0.25, -0.2) is 13.8 Å². The molecule has 9 heteroatoms. The van der Waals surface area contributed by atoms with Crippen molar-refractivity contribution in [2.75, 3.05) is 24.2 Å². The molecule has 0 bridgehead atoms. The molecule has 0 atom stereocenters. The van der Waals surface area contributed by atoms with Crippen LogP contribution in [0.3, 0.4) is 0 Å². The molecule has 0 saturated heterocycles. The lowest BCUT2D eigenvalue weighted by atomic mass is 10.1. The predicted octanol–water partition coefficient (Wildman–Crippen LogP) is 1.71. The molecule has 0 unspecified atom stereocenters. The average Bonchev–Trinajstić information content (AvgIpc) is 2.63. The second kappa shape index (κ2) is 8.54. The minimum absolute atomic E-state index is 0.0298. The first-order chi connectivity index (χ1) is 12.7. The highest BCUT2D eigenvalue weighted by Gasteiger charge is 2.21. The van der Waals surface area contributed by atoms with Crippen molar-refractivity contribution < 1.29 is 23.1 Å². The van der Waals surface area contributed by atoms with Crippen molar-refractivity contribution in [3.05, 3.63) is 54.1 Å². The first kappa shape index (κ1) is 20.2. The fourth-order valence-corrected chi connectivity index (χ4v) is 3.17. The molecule has 0 aromatic heterocycles. The predicted molar refractivity (Wildman–Crippen MR) is 104 cm³/mol. The Hall–Kier alpha value is -3.07. The molecule has 0 heterocycles. The molecule has 0 fully saturated rings. The van der Waals surface area contributed by atoms with E-state index in [1.165, 1.54) is 19.2 Å². The van der Waals surface area contributed by atoms with Crippen LogP contribution in [0.2, 0.25) is 0 Å². The van der Waals surface area contributed by atoms with Crippen LogP contribution in [-0.4, -0.2) is 45.1 Å². The van der Waals surface area contributed by atoms with Gasteiger partial charge in [0.15, 0.2) is 0 Å². The lowest BCUT2D eigenvalue weighted by molar-refractivity contribution is -0.119. The number of sulfonamides is 1. The van der Waals surface area contributed by atoms with E-state index in [2.05, 4.69) is 10.5 Å². The molecule has 2 aromatic rings. The molecule has 8 nitrogen and oxygen atoms in total. The van der Waals surface area contributed by atoms with Gasteiger partial charge in [0.1, 0.15) is 18.0 Å². The number of rotatable bonds is 7. The summed E-state index contributed by atoms with van der Waals surface area (Å²) in [5, 5.41) is 13.7. The van der Waals surface area contributed by atoms with E-state index in [1.54, 1.807) is 43.3 Å². The van der Waals surface area contributed by atoms with Crippen molar-refractivity contribution in [2.45, 2.75) is 6.92 Å². The number of carbonyl (C=O) groups is 1. The van der Waals surface area contributed by atoms with Crippen LogP contribution >= 0.6 is 0 Å². The minimum Gasteiger partial charge on any atom is -0.507 e. The van der Waals surface area contributed by atoms with Crippen LogP contribution in [0.1, 0.15) is 12.5 Å². The number of hydrazone groups is 1. The molecule has 0 aliphatic carbocycles. The molecule has 2 aromatic carbocycles. The molecule has 0 aliphatic heterocycles. The standard InChI is InChI=1S/C18H21N3O5S/c1-13(16-9-4-5-10-17(16)22)19-20-18(23)12-21(27(3,24)25)14-7-6-8-15(11-14)26-2/h4-11,22H,12H2,1-3H3,(H,20,23)/b19-13-. The third kappa shape index (κ3) is 5.45. The van der Waals surface area contributed by atoms with Gasteiger partial charge >= 0.3 is 0 Å². The zero-order valence-electron chi connectivity index (χ0n) is 15.2. The maximum Gasteiger partial charge on any atom is 0.260 e. The number of nitrogens with one attached hydrogen (secondary N) is 1. The number of phenols is 1. The highest BCUT2D eigenvalue weighted by Crippen LogP contribution is 2.22. The molecule has 0 spiro atoms. The van der Waals surface area contributed by atoms with Crippen molar-refractivity contribution in [2.24, 2.45) is 5.10 Å². The van der Waals surface area contributed by atoms with Crippen molar-refractivity contribution in [3.8, 4) is 11.5 Å². The first-order valence-corrected chi connectivity index (χ1v) is 9.80. The summed E-state index contributed by atoms with van der Waals surface area (Å²) in [6, 6.07) is 12.9. The van der Waals surface area contributed by atoms with E-state index >= 15 is 0 Å². The highest BCUT2D eigenvalue weighted by molar-refractivity contribution is 7.92. The minimum atomic E-state index is -3.71. The van der Waals surface area contributed by atoms with Gasteiger partial charge < -0.3 is 9.84 Å². The Morgan fingerprint density at radius 2 is 1.93 bits per heavy atom. The number of phenolic OH excluding ortho intramolecular Hbond substituents is 1. The zero-order chi connectivity index (χ0) is 20.0. The van der Waals surface area contributed by atoms with Crippen LogP contribution in [0.15, 0.2) is 53.6 Å². The van der Waals surface area contributed by atoms with Crippen LogP contribution in [0.25, 0.3) is 0 Å². The van der Waals surface area contributed by atoms with Crippen molar-refractivity contribution in [1.29, 1.82) is 0 Å². The summed E-state index contributed by atoms with van der Waals surface area (Å²) in [5.41, 5.74) is 3.46. The number of ether oxygens (including phenoxy) is 1. The van der Waals surface area contributed by atoms with E-state index in [4.69, 9.17) is 4.74 Å². The van der Waals surface area contributed by atoms with Crippen LogP contribution < -0.4 is 14.5 Å². The summed E-state index contributed by atoms with van der Waals surface area (Å²) in [6.07, 6.45) is 1.01. The van der Waals surface area contributed by atoms with Gasteiger partial charge in [-0.15, -0.1) is 0 Å². The van der Waals surface area contributed by atoms with Crippen LogP contribution in [0.5, 0.6) is 11.5 Å². The van der Waals surface area contributed by atoms with Crippen LogP contribution in [0.4, 0.5) is 5.69 Å². The fourth-order valence-electron chi connectivity index (χ4n) is 2.32. The van der Waals surface area contributed by atoms with Gasteiger partial charge in [-0.2, -0.15) is 5.10 Å². The molecule has 27 heavy (non-hydrogen) atoms. The summed E-state index contributed by atoms with van der Waals surface area (Å²) in [6.45, 7) is 1.16. The summed E-state index contributed by atoms with van der Waals surface area (Å²) in [7, 11) is -2.24. The third-order valence-corrected chi connectivity index (χ3v) is 4.81. The summed E-state index contributed by atoms with van der Waals surface area (Å²) >= 11 is 0.